The minimum atomic E-state index is -0.223. The third kappa shape index (κ3) is 3.68. The van der Waals surface area contributed by atoms with Gasteiger partial charge in [-0.15, -0.1) is 0 Å². The van der Waals surface area contributed by atoms with E-state index in [0.717, 1.165) is 32.0 Å². The van der Waals surface area contributed by atoms with Gasteiger partial charge in [-0.2, -0.15) is 0 Å². The molecule has 0 aliphatic heterocycles. The zero-order valence-electron chi connectivity index (χ0n) is 13.8. The number of aliphatic hydroxyl groups is 2. The first-order chi connectivity index (χ1) is 9.56. The van der Waals surface area contributed by atoms with Gasteiger partial charge in [0, 0.05) is 50.0 Å². The van der Waals surface area contributed by atoms with Gasteiger partial charge in [0.05, 0.1) is 12.7 Å². The Balaban J connectivity index is 0.00000220. The molecule has 0 amide bonds. The summed E-state index contributed by atoms with van der Waals surface area (Å²) in [4.78, 5) is 10.9. The van der Waals surface area contributed by atoms with Gasteiger partial charge in [-0.3, -0.25) is 0 Å². The van der Waals surface area contributed by atoms with E-state index >= 15 is 0 Å². The van der Waals surface area contributed by atoms with Gasteiger partial charge in [-0.1, -0.05) is 20.3 Å². The van der Waals surface area contributed by atoms with Crippen molar-refractivity contribution in [1.29, 1.82) is 1.43 Å². The minimum absolute atomic E-state index is 0. The first kappa shape index (κ1) is 17.4. The van der Waals surface area contributed by atoms with Crippen LogP contribution in [0.1, 0.15) is 52.4 Å². The number of hydrogen-bond donors (Lipinski definition) is 2. The molecular weight excluding hydrogens is 467 g/mol. The Hall–Kier alpha value is 1.03. The van der Waals surface area contributed by atoms with Crippen molar-refractivity contribution >= 4 is 6.29 Å². The second-order valence-electron chi connectivity index (χ2n) is 7.02. The van der Waals surface area contributed by atoms with Crippen LogP contribution in [0.4, 0.5) is 0 Å². The Labute approximate surface area is 159 Å². The number of carbonyl (C=O) groups is 1. The van der Waals surface area contributed by atoms with Gasteiger partial charge >= 0.3 is 0 Å². The molecule has 113 valence electrons. The van der Waals surface area contributed by atoms with Gasteiger partial charge in [0.25, 0.3) is 0 Å². The van der Waals surface area contributed by atoms with Crippen LogP contribution in [-0.2, 0) is 4.79 Å². The monoisotopic (exact) mass is 497 g/mol. The fourth-order valence-electron chi connectivity index (χ4n) is 4.91. The molecule has 2 N–H and O–H groups in total. The molecule has 2 aliphatic carbocycles. The molecule has 2 fully saturated rings. The van der Waals surface area contributed by atoms with E-state index in [1.165, 1.54) is 12.8 Å². The van der Waals surface area contributed by atoms with Crippen LogP contribution in [0.5, 0.6) is 0 Å². The number of carbonyl (C=O) groups excluding carboxylic acids is 1. The molecule has 0 saturated heterocycles. The standard InChI is InChI=1S/C16H28O3.Ac/c1-11(8-12(9-17)10-18)13-5-6-14-15(19)4-3-7-16(13,14)2;/h9,11-15,18-19H,3-8,10H2,1-2H3;/t11-,12+,13-,14?,15+,16-;/m1./s1/i19T;. The topological polar surface area (TPSA) is 57.5 Å². The van der Waals surface area contributed by atoms with Crippen molar-refractivity contribution in [3.63, 3.8) is 0 Å². The molecule has 0 heterocycles. The van der Waals surface area contributed by atoms with E-state index in [0.29, 0.717) is 17.8 Å². The number of aldehydes is 1. The molecule has 2 rings (SSSR count). The van der Waals surface area contributed by atoms with Crippen LogP contribution in [0.3, 0.4) is 0 Å². The number of fused-ring (bicyclic) bond motifs is 1. The Kier molecular flexibility index (Phi) is 6.99. The zero-order valence-corrected chi connectivity index (χ0v) is 17.5. The first-order valence-corrected chi connectivity index (χ1v) is 7.75. The summed E-state index contributed by atoms with van der Waals surface area (Å²) >= 11 is 0. The maximum atomic E-state index is 10.9. The summed E-state index contributed by atoms with van der Waals surface area (Å²) in [7, 11) is 0. The molecule has 0 aromatic rings. The third-order valence-electron chi connectivity index (χ3n) is 5.92. The molecule has 2 saturated carbocycles. The van der Waals surface area contributed by atoms with Crippen LogP contribution >= 0.6 is 0 Å². The number of rotatable bonds is 6. The van der Waals surface area contributed by atoms with E-state index < -0.39 is 0 Å². The maximum Gasteiger partial charge on any atom is 0.210 e. The van der Waals surface area contributed by atoms with Crippen LogP contribution in [0.15, 0.2) is 0 Å². The average molecular weight is 497 g/mol. The molecule has 3 nitrogen and oxygen atoms in total. The van der Waals surface area contributed by atoms with Crippen LogP contribution in [0, 0.1) is 73.1 Å². The van der Waals surface area contributed by atoms with Crippen molar-refractivity contribution in [2.75, 3.05) is 6.61 Å². The Morgan fingerprint density at radius 1 is 1.45 bits per heavy atom. The van der Waals surface area contributed by atoms with Crippen molar-refractivity contribution in [3.8, 4) is 0 Å². The summed E-state index contributed by atoms with van der Waals surface area (Å²) in [6, 6.07) is 0. The maximum absolute atomic E-state index is 10.9. The Bertz CT molecular complexity index is 341. The van der Waals surface area contributed by atoms with E-state index in [9.17, 15) is 9.90 Å². The molecule has 6 atom stereocenters. The molecule has 4 heteroatoms. The van der Waals surface area contributed by atoms with E-state index in [-0.39, 0.29) is 68.1 Å². The predicted molar refractivity (Wildman–Crippen MR) is 74.6 cm³/mol. The predicted octanol–water partition coefficient (Wildman–Crippen LogP) is 2.40. The van der Waals surface area contributed by atoms with E-state index in [1.54, 1.807) is 0 Å². The Morgan fingerprint density at radius 2 is 2.20 bits per heavy atom. The summed E-state index contributed by atoms with van der Waals surface area (Å²) in [6.45, 7) is 4.53. The second-order valence-corrected chi connectivity index (χ2v) is 7.02. The fraction of sp³-hybridized carbons (Fsp3) is 0.938. The van der Waals surface area contributed by atoms with Crippen LogP contribution in [0.25, 0.3) is 0 Å². The van der Waals surface area contributed by atoms with E-state index in [2.05, 4.69) is 13.8 Å². The summed E-state index contributed by atoms with van der Waals surface area (Å²) in [5, 5.41) is 14.2. The number of aliphatic hydroxyl groups excluding tert-OH is 2. The van der Waals surface area contributed by atoms with Gasteiger partial charge in [0.2, 0.25) is 1.43 Å². The molecular formula is C16H28AcO3. The van der Waals surface area contributed by atoms with E-state index in [4.69, 9.17) is 6.54 Å². The van der Waals surface area contributed by atoms with Crippen LogP contribution < -0.4 is 0 Å². The van der Waals surface area contributed by atoms with Gasteiger partial charge in [0.1, 0.15) is 6.29 Å². The van der Waals surface area contributed by atoms with Gasteiger partial charge in [-0.25, -0.2) is 0 Å². The van der Waals surface area contributed by atoms with Gasteiger partial charge in [0.15, 0.2) is 0 Å². The van der Waals surface area contributed by atoms with E-state index in [1.807, 2.05) is 0 Å². The molecule has 0 aromatic carbocycles. The molecule has 0 spiro atoms. The fourth-order valence-corrected chi connectivity index (χ4v) is 4.91. The van der Waals surface area contributed by atoms with Crippen molar-refractivity contribution < 1.29 is 59.1 Å². The van der Waals surface area contributed by atoms with Crippen LogP contribution in [-0.4, -0.2) is 30.6 Å². The minimum Gasteiger partial charge on any atom is -0.396 e. The zero-order chi connectivity index (χ0) is 14.8. The SMILES string of the molecule is [3H]O[C@H]1CCC[C@@]2(C)C1CC[C@@H]2[C@H](C)C[C@@H](C=O)CO.[Ac]. The summed E-state index contributed by atoms with van der Waals surface area (Å²) < 4.78 is 7.30. The largest absolute Gasteiger partial charge is 0.396 e. The quantitative estimate of drug-likeness (QED) is 0.555. The molecule has 0 aromatic heterocycles. The van der Waals surface area contributed by atoms with Crippen molar-refractivity contribution in [3.05, 3.63) is 0 Å². The van der Waals surface area contributed by atoms with Crippen molar-refractivity contribution in [2.24, 2.45) is 29.1 Å². The molecule has 0 bridgehead atoms. The van der Waals surface area contributed by atoms with Gasteiger partial charge < -0.3 is 15.0 Å². The Morgan fingerprint density at radius 3 is 2.80 bits per heavy atom. The average Bonchev–Trinajstić information content (AvgIpc) is 2.81. The van der Waals surface area contributed by atoms with Gasteiger partial charge in [-0.05, 0) is 55.3 Å². The molecule has 2 aliphatic rings. The normalized spacial score (nSPS) is 40.1. The molecule has 1 radical (unpaired) electrons. The van der Waals surface area contributed by atoms with Crippen molar-refractivity contribution in [2.45, 2.75) is 58.5 Å². The first-order valence-electron chi connectivity index (χ1n) is 8.15. The van der Waals surface area contributed by atoms with Crippen LogP contribution in [0.2, 0.25) is 0 Å². The third-order valence-corrected chi connectivity index (χ3v) is 5.92. The summed E-state index contributed by atoms with van der Waals surface area (Å²) in [5.74, 6) is 1.29. The number of hydrogen-bond acceptors (Lipinski definition) is 3. The second kappa shape index (κ2) is 8.04. The summed E-state index contributed by atoms with van der Waals surface area (Å²) in [5.41, 5.74) is 0.242. The summed E-state index contributed by atoms with van der Waals surface area (Å²) in [6.07, 6.45) is 7.42. The smallest absolute Gasteiger partial charge is 0.210 e. The molecule has 1 unspecified atom stereocenters. The van der Waals surface area contributed by atoms with Crippen molar-refractivity contribution in [1.82, 2.24) is 0 Å². The molecule has 20 heavy (non-hydrogen) atoms.